The zero-order valence-electron chi connectivity index (χ0n) is 16.3. The van der Waals surface area contributed by atoms with Crippen LogP contribution in [0.4, 0.5) is 0 Å². The van der Waals surface area contributed by atoms with Gasteiger partial charge in [-0.05, 0) is 34.2 Å². The second-order valence-electron chi connectivity index (χ2n) is 7.21. The fourth-order valence-electron chi connectivity index (χ4n) is 4.11. The second-order valence-corrected chi connectivity index (χ2v) is 7.21. The number of hydrogen-bond donors (Lipinski definition) is 1. The van der Waals surface area contributed by atoms with Crippen LogP contribution in [-0.2, 0) is 20.7 Å². The van der Waals surface area contributed by atoms with E-state index in [1.54, 1.807) is 0 Å². The quantitative estimate of drug-likeness (QED) is 0.650. The number of benzene rings is 3. The molecule has 0 heterocycles. The van der Waals surface area contributed by atoms with E-state index in [2.05, 4.69) is 17.4 Å². The summed E-state index contributed by atoms with van der Waals surface area (Å²) in [7, 11) is 1.36. The highest BCUT2D eigenvalue weighted by molar-refractivity contribution is 5.89. The van der Waals surface area contributed by atoms with Gasteiger partial charge in [0.05, 0.1) is 7.11 Å². The molecule has 1 N–H and O–H groups in total. The molecular formula is C25H23NO3. The standard InChI is InChI=1S/C25H23NO3/c1-29-25(28)24(26-22(27)16-15-17-9-3-2-4-10-17)23-20-13-7-5-11-18(20)19-12-6-8-14-21(19)23/h2-14,23-24H,15-16H2,1H3,(H,26,27)/t24-/m0/s1. The van der Waals surface area contributed by atoms with E-state index in [4.69, 9.17) is 4.74 Å². The number of methoxy groups -OCH3 is 1. The van der Waals surface area contributed by atoms with E-state index in [9.17, 15) is 9.59 Å². The van der Waals surface area contributed by atoms with Crippen LogP contribution in [0, 0.1) is 0 Å². The predicted molar refractivity (Wildman–Crippen MR) is 112 cm³/mol. The maximum atomic E-state index is 12.7. The Bertz CT molecular complexity index is 984. The van der Waals surface area contributed by atoms with Gasteiger partial charge in [-0.2, -0.15) is 0 Å². The van der Waals surface area contributed by atoms with Gasteiger partial charge in [0.2, 0.25) is 5.91 Å². The molecule has 29 heavy (non-hydrogen) atoms. The summed E-state index contributed by atoms with van der Waals surface area (Å²) in [6.07, 6.45) is 0.936. The first-order chi connectivity index (χ1) is 14.2. The smallest absolute Gasteiger partial charge is 0.329 e. The topological polar surface area (TPSA) is 55.4 Å². The maximum absolute atomic E-state index is 12.7. The van der Waals surface area contributed by atoms with Crippen molar-refractivity contribution in [2.75, 3.05) is 7.11 Å². The van der Waals surface area contributed by atoms with Crippen molar-refractivity contribution >= 4 is 11.9 Å². The van der Waals surface area contributed by atoms with Crippen molar-refractivity contribution in [2.45, 2.75) is 24.8 Å². The third-order valence-corrected chi connectivity index (χ3v) is 5.47. The normalized spacial score (nSPS) is 13.3. The number of esters is 1. The molecule has 4 nitrogen and oxygen atoms in total. The van der Waals surface area contributed by atoms with Crippen LogP contribution in [-0.4, -0.2) is 25.0 Å². The molecular weight excluding hydrogens is 362 g/mol. The maximum Gasteiger partial charge on any atom is 0.329 e. The minimum atomic E-state index is -0.770. The summed E-state index contributed by atoms with van der Waals surface area (Å²) < 4.78 is 5.06. The van der Waals surface area contributed by atoms with Gasteiger partial charge in [-0.1, -0.05) is 78.9 Å². The fourth-order valence-corrected chi connectivity index (χ4v) is 4.11. The van der Waals surface area contributed by atoms with Crippen molar-refractivity contribution < 1.29 is 14.3 Å². The number of rotatable bonds is 6. The molecule has 1 aliphatic rings. The van der Waals surface area contributed by atoms with Gasteiger partial charge in [-0.25, -0.2) is 4.79 Å². The van der Waals surface area contributed by atoms with Crippen LogP contribution in [0.15, 0.2) is 78.9 Å². The lowest BCUT2D eigenvalue weighted by Gasteiger charge is -2.24. The van der Waals surface area contributed by atoms with E-state index >= 15 is 0 Å². The van der Waals surface area contributed by atoms with Gasteiger partial charge >= 0.3 is 5.97 Å². The molecule has 1 atom stereocenters. The molecule has 0 spiro atoms. The SMILES string of the molecule is COC(=O)[C@@H](NC(=O)CCc1ccccc1)C1c2ccccc2-c2ccccc21. The minimum absolute atomic E-state index is 0.161. The number of hydrogen-bond acceptors (Lipinski definition) is 3. The summed E-state index contributed by atoms with van der Waals surface area (Å²) in [6, 6.07) is 25.1. The second kappa shape index (κ2) is 8.31. The molecule has 0 aliphatic heterocycles. The van der Waals surface area contributed by atoms with Crippen LogP contribution in [0.25, 0.3) is 11.1 Å². The Labute approximate surface area is 170 Å². The average Bonchev–Trinajstić information content (AvgIpc) is 3.10. The number of carbonyl (C=O) groups excluding carboxylic acids is 2. The summed E-state index contributed by atoms with van der Waals surface area (Å²) >= 11 is 0. The zero-order valence-corrected chi connectivity index (χ0v) is 16.3. The highest BCUT2D eigenvalue weighted by atomic mass is 16.5. The van der Waals surface area contributed by atoms with Crippen molar-refractivity contribution in [3.63, 3.8) is 0 Å². The van der Waals surface area contributed by atoms with Crippen molar-refractivity contribution in [3.8, 4) is 11.1 Å². The molecule has 0 saturated carbocycles. The Morgan fingerprint density at radius 1 is 0.862 bits per heavy atom. The van der Waals surface area contributed by atoms with Gasteiger partial charge in [0.1, 0.15) is 6.04 Å². The fraction of sp³-hybridized carbons (Fsp3) is 0.200. The summed E-state index contributed by atoms with van der Waals surface area (Å²) in [6.45, 7) is 0. The first kappa shape index (κ1) is 18.9. The van der Waals surface area contributed by atoms with Crippen LogP contribution in [0.1, 0.15) is 29.0 Å². The Morgan fingerprint density at radius 3 is 2.00 bits per heavy atom. The molecule has 3 aromatic rings. The van der Waals surface area contributed by atoms with Gasteiger partial charge in [0, 0.05) is 12.3 Å². The van der Waals surface area contributed by atoms with E-state index in [0.29, 0.717) is 12.8 Å². The molecule has 3 aromatic carbocycles. The predicted octanol–water partition coefficient (Wildman–Crippen LogP) is 4.09. The number of amides is 1. The van der Waals surface area contributed by atoms with Crippen LogP contribution in [0.3, 0.4) is 0 Å². The molecule has 1 aliphatic carbocycles. The molecule has 0 fully saturated rings. The van der Waals surface area contributed by atoms with Crippen LogP contribution in [0.2, 0.25) is 0 Å². The van der Waals surface area contributed by atoms with Crippen molar-refractivity contribution in [1.82, 2.24) is 5.32 Å². The van der Waals surface area contributed by atoms with Gasteiger partial charge in [-0.3, -0.25) is 4.79 Å². The monoisotopic (exact) mass is 385 g/mol. The molecule has 4 rings (SSSR count). The molecule has 0 unspecified atom stereocenters. The molecule has 1 amide bonds. The van der Waals surface area contributed by atoms with Crippen LogP contribution >= 0.6 is 0 Å². The lowest BCUT2D eigenvalue weighted by molar-refractivity contribution is -0.145. The first-order valence-corrected chi connectivity index (χ1v) is 9.78. The lowest BCUT2D eigenvalue weighted by Crippen LogP contribution is -2.45. The summed E-state index contributed by atoms with van der Waals surface area (Å²) in [5, 5.41) is 2.95. The Morgan fingerprint density at radius 2 is 1.41 bits per heavy atom. The lowest BCUT2D eigenvalue weighted by atomic mass is 9.89. The highest BCUT2D eigenvalue weighted by Crippen LogP contribution is 2.46. The average molecular weight is 385 g/mol. The number of carbonyl (C=O) groups is 2. The molecule has 0 saturated heterocycles. The van der Waals surface area contributed by atoms with E-state index < -0.39 is 12.0 Å². The van der Waals surface area contributed by atoms with Crippen molar-refractivity contribution in [3.05, 3.63) is 95.6 Å². The number of nitrogens with one attached hydrogen (secondary N) is 1. The van der Waals surface area contributed by atoms with Crippen molar-refractivity contribution in [1.29, 1.82) is 0 Å². The van der Waals surface area contributed by atoms with E-state index in [0.717, 1.165) is 27.8 Å². The van der Waals surface area contributed by atoms with Crippen LogP contribution in [0.5, 0.6) is 0 Å². The number of aryl methyl sites for hydroxylation is 1. The summed E-state index contributed by atoms with van der Waals surface area (Å²) in [5.74, 6) is -0.865. The third kappa shape index (κ3) is 3.79. The van der Waals surface area contributed by atoms with E-state index in [-0.39, 0.29) is 11.8 Å². The van der Waals surface area contributed by atoms with Gasteiger partial charge in [-0.15, -0.1) is 0 Å². The van der Waals surface area contributed by atoms with Crippen LogP contribution < -0.4 is 5.32 Å². The number of ether oxygens (including phenoxy) is 1. The molecule has 4 heteroatoms. The molecule has 0 aromatic heterocycles. The minimum Gasteiger partial charge on any atom is -0.467 e. The third-order valence-electron chi connectivity index (χ3n) is 5.47. The summed E-state index contributed by atoms with van der Waals surface area (Å²) in [4.78, 5) is 25.4. The van der Waals surface area contributed by atoms with Gasteiger partial charge < -0.3 is 10.1 Å². The first-order valence-electron chi connectivity index (χ1n) is 9.78. The number of fused-ring (bicyclic) bond motifs is 3. The molecule has 0 bridgehead atoms. The Kier molecular flexibility index (Phi) is 5.43. The van der Waals surface area contributed by atoms with E-state index in [1.807, 2.05) is 66.7 Å². The van der Waals surface area contributed by atoms with Gasteiger partial charge in [0.25, 0.3) is 0 Å². The highest BCUT2D eigenvalue weighted by Gasteiger charge is 2.39. The Balaban J connectivity index is 1.60. The molecule has 0 radical (unpaired) electrons. The zero-order chi connectivity index (χ0) is 20.2. The largest absolute Gasteiger partial charge is 0.467 e. The Hall–Kier alpha value is -3.40. The molecule has 146 valence electrons. The van der Waals surface area contributed by atoms with E-state index in [1.165, 1.54) is 7.11 Å². The summed E-state index contributed by atoms with van der Waals surface area (Å²) in [5.41, 5.74) is 5.36. The van der Waals surface area contributed by atoms with Gasteiger partial charge in [0.15, 0.2) is 0 Å². The van der Waals surface area contributed by atoms with Crippen molar-refractivity contribution in [2.24, 2.45) is 0 Å².